The second-order valence-electron chi connectivity index (χ2n) is 10.6. The maximum Gasteiger partial charge on any atom is 0.327 e. The monoisotopic (exact) mass is 656 g/mol. The van der Waals surface area contributed by atoms with Crippen molar-refractivity contribution in [1.29, 1.82) is 5.26 Å². The first-order valence-electron chi connectivity index (χ1n) is 14.5. The van der Waals surface area contributed by atoms with Crippen molar-refractivity contribution < 1.29 is 13.2 Å². The lowest BCUT2D eigenvalue weighted by Gasteiger charge is -2.23. The summed E-state index contributed by atoms with van der Waals surface area (Å²) in [5.74, 6) is 0.625. The minimum absolute atomic E-state index is 0.0559. The van der Waals surface area contributed by atoms with Gasteiger partial charge in [-0.3, -0.25) is 4.68 Å². The Kier molecular flexibility index (Phi) is 8.88. The first-order valence-corrected chi connectivity index (χ1v) is 16.1. The molecule has 4 N–H and O–H groups in total. The van der Waals surface area contributed by atoms with E-state index in [1.807, 2.05) is 49.6 Å². The predicted octanol–water partition coefficient (Wildman–Crippen LogP) is 5.25. The fourth-order valence-corrected chi connectivity index (χ4v) is 5.35. The minimum Gasteiger partial charge on any atom is -0.333 e. The molecule has 0 atom stereocenters. The number of pyridine rings is 1. The number of rotatable bonds is 9. The van der Waals surface area contributed by atoms with Gasteiger partial charge >= 0.3 is 6.03 Å². The minimum atomic E-state index is -3.87. The van der Waals surface area contributed by atoms with Crippen LogP contribution in [0.4, 0.5) is 27.9 Å². The maximum absolute atomic E-state index is 13.6. The van der Waals surface area contributed by atoms with Crippen LogP contribution in [-0.2, 0) is 23.6 Å². The number of amides is 2. The Morgan fingerprint density at radius 1 is 0.896 bits per heavy atom. The molecule has 0 saturated carbocycles. The highest BCUT2D eigenvalue weighted by atomic mass is 32.2. The third kappa shape index (κ3) is 7.18. The van der Waals surface area contributed by atoms with E-state index < -0.39 is 10.0 Å². The van der Waals surface area contributed by atoms with Gasteiger partial charge in [-0.2, -0.15) is 10.4 Å². The average Bonchev–Trinajstić information content (AvgIpc) is 3.54. The summed E-state index contributed by atoms with van der Waals surface area (Å²) in [5.41, 5.74) is 4.92. The standard InChI is InChI=1S/C34H28N10O3S/c1-43-22-27(21-40-43)25-9-16-31(37-19-25)44(34(45)39-18-23-5-3-2-4-6-23)29-12-10-28(11-13-29)41-33-38-20-26(17-35)32(42-33)24-7-14-30(15-8-24)48(36,46)47/h2-16,19-22H,18H2,1H3,(H,39,45)(H2,36,46,47)(H,38,41,42). The second kappa shape index (κ2) is 13.5. The van der Waals surface area contributed by atoms with Crippen LogP contribution in [0, 0.1) is 11.3 Å². The highest BCUT2D eigenvalue weighted by Gasteiger charge is 2.20. The van der Waals surface area contributed by atoms with Gasteiger partial charge in [0.25, 0.3) is 0 Å². The van der Waals surface area contributed by atoms with Gasteiger partial charge in [-0.25, -0.2) is 38.2 Å². The lowest BCUT2D eigenvalue weighted by Crippen LogP contribution is -2.37. The van der Waals surface area contributed by atoms with Gasteiger partial charge in [0.05, 0.1) is 34.2 Å². The Labute approximate surface area is 276 Å². The Balaban J connectivity index is 1.26. The Morgan fingerprint density at radius 3 is 2.25 bits per heavy atom. The highest BCUT2D eigenvalue weighted by Crippen LogP contribution is 2.29. The molecule has 14 heteroatoms. The van der Waals surface area contributed by atoms with Crippen molar-refractivity contribution in [2.75, 3.05) is 10.2 Å². The van der Waals surface area contributed by atoms with Crippen LogP contribution in [0.3, 0.4) is 0 Å². The molecular weight excluding hydrogens is 629 g/mol. The van der Waals surface area contributed by atoms with Crippen LogP contribution in [0.15, 0.2) is 121 Å². The molecule has 0 aliphatic heterocycles. The number of carbonyl (C=O) groups excluding carboxylic acids is 1. The number of nitrogens with one attached hydrogen (secondary N) is 2. The molecule has 238 valence electrons. The van der Waals surface area contributed by atoms with Gasteiger partial charge in [-0.05, 0) is 54.1 Å². The molecule has 2 amide bonds. The number of hydrogen-bond acceptors (Lipinski definition) is 9. The normalized spacial score (nSPS) is 11.0. The lowest BCUT2D eigenvalue weighted by molar-refractivity contribution is 0.248. The molecular formula is C34H28N10O3S. The summed E-state index contributed by atoms with van der Waals surface area (Å²) >= 11 is 0. The van der Waals surface area contributed by atoms with Gasteiger partial charge in [0.1, 0.15) is 11.9 Å². The Morgan fingerprint density at radius 2 is 1.62 bits per heavy atom. The molecule has 6 rings (SSSR count). The summed E-state index contributed by atoms with van der Waals surface area (Å²) in [7, 11) is -2.03. The summed E-state index contributed by atoms with van der Waals surface area (Å²) in [4.78, 5) is 28.4. The smallest absolute Gasteiger partial charge is 0.327 e. The molecule has 3 aromatic heterocycles. The van der Waals surface area contributed by atoms with Crippen LogP contribution in [0.25, 0.3) is 22.4 Å². The lowest BCUT2D eigenvalue weighted by atomic mass is 10.1. The fraction of sp³-hybridized carbons (Fsp3) is 0.0588. The molecule has 3 aromatic carbocycles. The average molecular weight is 657 g/mol. The van der Waals surface area contributed by atoms with E-state index in [-0.39, 0.29) is 22.4 Å². The molecule has 13 nitrogen and oxygen atoms in total. The number of urea groups is 1. The zero-order valence-corrected chi connectivity index (χ0v) is 26.3. The van der Waals surface area contributed by atoms with Crippen molar-refractivity contribution in [2.24, 2.45) is 12.2 Å². The first kappa shape index (κ1) is 31.5. The molecule has 0 aliphatic carbocycles. The molecule has 6 aromatic rings. The van der Waals surface area contributed by atoms with E-state index >= 15 is 0 Å². The summed E-state index contributed by atoms with van der Waals surface area (Å²) in [6, 6.07) is 27.8. The molecule has 0 unspecified atom stereocenters. The van der Waals surface area contributed by atoms with Crippen molar-refractivity contribution >= 4 is 39.2 Å². The summed E-state index contributed by atoms with van der Waals surface area (Å²) in [6.07, 6.45) is 6.71. The molecule has 0 spiro atoms. The van der Waals surface area contributed by atoms with Crippen LogP contribution in [-0.4, -0.2) is 39.2 Å². The molecule has 0 radical (unpaired) electrons. The van der Waals surface area contributed by atoms with Gasteiger partial charge in [0, 0.05) is 48.4 Å². The number of hydrogen-bond donors (Lipinski definition) is 3. The van der Waals surface area contributed by atoms with Gasteiger partial charge in [0.2, 0.25) is 16.0 Å². The number of primary sulfonamides is 1. The van der Waals surface area contributed by atoms with E-state index in [1.165, 1.54) is 35.4 Å². The number of aryl methyl sites for hydroxylation is 1. The number of nitrogens with zero attached hydrogens (tertiary/aromatic N) is 7. The van der Waals surface area contributed by atoms with Crippen molar-refractivity contribution in [2.45, 2.75) is 11.4 Å². The SMILES string of the molecule is Cn1cc(-c2ccc(N(C(=O)NCc3ccccc3)c3ccc(Nc4ncc(C#N)c(-c5ccc(S(N)(=O)=O)cc5)n4)cc3)nc2)cn1. The maximum atomic E-state index is 13.6. The number of benzene rings is 3. The zero-order valence-electron chi connectivity index (χ0n) is 25.5. The van der Waals surface area contributed by atoms with Crippen molar-refractivity contribution in [3.63, 3.8) is 0 Å². The molecule has 0 saturated heterocycles. The Hall–Kier alpha value is -6.43. The first-order chi connectivity index (χ1) is 23.2. The van der Waals surface area contributed by atoms with Crippen LogP contribution in [0.5, 0.6) is 0 Å². The van der Waals surface area contributed by atoms with Gasteiger partial charge < -0.3 is 10.6 Å². The van der Waals surface area contributed by atoms with Crippen LogP contribution < -0.4 is 20.7 Å². The number of anilines is 4. The van der Waals surface area contributed by atoms with Crippen molar-refractivity contribution in [1.82, 2.24) is 30.0 Å². The summed E-state index contributed by atoms with van der Waals surface area (Å²) in [5, 5.41) is 25.2. The second-order valence-corrected chi connectivity index (χ2v) is 12.2. The number of carbonyl (C=O) groups is 1. The van der Waals surface area contributed by atoms with Crippen LogP contribution in [0.1, 0.15) is 11.1 Å². The van der Waals surface area contributed by atoms with Gasteiger partial charge in [0.15, 0.2) is 0 Å². The third-order valence-corrected chi connectivity index (χ3v) is 8.18. The zero-order chi connectivity index (χ0) is 33.7. The molecule has 0 aliphatic rings. The Bertz CT molecular complexity index is 2220. The van der Waals surface area contributed by atoms with E-state index in [9.17, 15) is 18.5 Å². The molecule has 0 bridgehead atoms. The van der Waals surface area contributed by atoms with Crippen LogP contribution >= 0.6 is 0 Å². The predicted molar refractivity (Wildman–Crippen MR) is 181 cm³/mol. The fourth-order valence-electron chi connectivity index (χ4n) is 4.83. The number of sulfonamides is 1. The quantitative estimate of drug-likeness (QED) is 0.187. The largest absolute Gasteiger partial charge is 0.333 e. The highest BCUT2D eigenvalue weighted by molar-refractivity contribution is 7.89. The summed E-state index contributed by atoms with van der Waals surface area (Å²) in [6.45, 7) is 0.326. The van der Waals surface area contributed by atoms with E-state index in [0.29, 0.717) is 35.0 Å². The van der Waals surface area contributed by atoms with Crippen molar-refractivity contribution in [3.8, 4) is 28.5 Å². The number of nitriles is 1. The van der Waals surface area contributed by atoms with Gasteiger partial charge in [-0.15, -0.1) is 0 Å². The molecule has 0 fully saturated rings. The molecule has 48 heavy (non-hydrogen) atoms. The third-order valence-electron chi connectivity index (χ3n) is 7.25. The molecule has 3 heterocycles. The van der Waals surface area contributed by atoms with Crippen molar-refractivity contribution in [3.05, 3.63) is 127 Å². The number of nitrogens with two attached hydrogens (primary N) is 1. The van der Waals surface area contributed by atoms with E-state index in [1.54, 1.807) is 47.4 Å². The summed E-state index contributed by atoms with van der Waals surface area (Å²) < 4.78 is 25.0. The number of aromatic nitrogens is 5. The topological polar surface area (TPSA) is 185 Å². The van der Waals surface area contributed by atoms with Crippen LogP contribution in [0.2, 0.25) is 0 Å². The van der Waals surface area contributed by atoms with E-state index in [4.69, 9.17) is 5.14 Å². The van der Waals surface area contributed by atoms with E-state index in [0.717, 1.165) is 16.7 Å². The van der Waals surface area contributed by atoms with E-state index in [2.05, 4.69) is 36.8 Å². The van der Waals surface area contributed by atoms with Gasteiger partial charge in [-0.1, -0.05) is 42.5 Å².